The smallest absolute Gasteiger partial charge is 0.272 e. The minimum Gasteiger partial charge on any atom is -0.361 e. The van der Waals surface area contributed by atoms with Gasteiger partial charge in [0.1, 0.15) is 5.70 Å². The van der Waals surface area contributed by atoms with E-state index in [1.807, 2.05) is 36.5 Å². The van der Waals surface area contributed by atoms with E-state index in [0.29, 0.717) is 21.8 Å². The van der Waals surface area contributed by atoms with Gasteiger partial charge in [-0.05, 0) is 59.5 Å². The molecule has 0 aliphatic carbocycles. The number of fused-ring (bicyclic) bond motifs is 1. The Labute approximate surface area is 178 Å². The molecule has 0 fully saturated rings. The molecule has 4 rings (SSSR count). The molecular formula is C24H18ClN3O2. The third-order valence-corrected chi connectivity index (χ3v) is 4.74. The summed E-state index contributed by atoms with van der Waals surface area (Å²) < 4.78 is 0. The van der Waals surface area contributed by atoms with Gasteiger partial charge in [-0.1, -0.05) is 48.0 Å². The predicted octanol–water partition coefficient (Wildman–Crippen LogP) is 5.23. The number of hydrogen-bond donors (Lipinski definition) is 3. The molecule has 0 atom stereocenters. The molecule has 0 unspecified atom stereocenters. The number of benzene rings is 3. The number of halogens is 1. The van der Waals surface area contributed by atoms with E-state index in [9.17, 15) is 9.59 Å². The first-order valence-corrected chi connectivity index (χ1v) is 9.68. The fourth-order valence-corrected chi connectivity index (χ4v) is 3.23. The van der Waals surface area contributed by atoms with Crippen LogP contribution in [0.5, 0.6) is 0 Å². The molecule has 4 aromatic rings. The Kier molecular flexibility index (Phi) is 5.63. The summed E-state index contributed by atoms with van der Waals surface area (Å²) >= 11 is 6.06. The van der Waals surface area contributed by atoms with Crippen molar-refractivity contribution in [1.29, 1.82) is 0 Å². The van der Waals surface area contributed by atoms with E-state index in [1.165, 1.54) is 0 Å². The van der Waals surface area contributed by atoms with Gasteiger partial charge < -0.3 is 15.6 Å². The number of aromatic amines is 1. The molecule has 6 heteroatoms. The Balaban J connectivity index is 1.62. The molecule has 0 spiro atoms. The van der Waals surface area contributed by atoms with Gasteiger partial charge in [0.2, 0.25) is 0 Å². The zero-order chi connectivity index (χ0) is 20.9. The Morgan fingerprint density at radius 3 is 2.53 bits per heavy atom. The average molecular weight is 416 g/mol. The van der Waals surface area contributed by atoms with E-state index < -0.39 is 5.91 Å². The van der Waals surface area contributed by atoms with Gasteiger partial charge in [0.05, 0.1) is 0 Å². The molecule has 0 radical (unpaired) electrons. The van der Waals surface area contributed by atoms with Crippen molar-refractivity contribution in [3.63, 3.8) is 0 Å². The lowest BCUT2D eigenvalue weighted by atomic mass is 10.1. The van der Waals surface area contributed by atoms with Crippen LogP contribution in [0.25, 0.3) is 17.0 Å². The fourth-order valence-electron chi connectivity index (χ4n) is 3.03. The van der Waals surface area contributed by atoms with Crippen molar-refractivity contribution in [2.75, 3.05) is 5.32 Å². The van der Waals surface area contributed by atoms with Gasteiger partial charge in [-0.2, -0.15) is 0 Å². The van der Waals surface area contributed by atoms with E-state index in [1.54, 1.807) is 54.6 Å². The van der Waals surface area contributed by atoms with Crippen molar-refractivity contribution >= 4 is 46.1 Å². The van der Waals surface area contributed by atoms with Gasteiger partial charge in [0.25, 0.3) is 11.8 Å². The molecular weight excluding hydrogens is 398 g/mol. The average Bonchev–Trinajstić information content (AvgIpc) is 3.22. The summed E-state index contributed by atoms with van der Waals surface area (Å²) in [5, 5.41) is 7.13. The van der Waals surface area contributed by atoms with Crippen molar-refractivity contribution in [1.82, 2.24) is 10.3 Å². The maximum atomic E-state index is 13.0. The Morgan fingerprint density at radius 2 is 1.73 bits per heavy atom. The number of amides is 2. The number of nitrogens with one attached hydrogen (secondary N) is 3. The van der Waals surface area contributed by atoms with Crippen LogP contribution in [0.3, 0.4) is 0 Å². The lowest BCUT2D eigenvalue weighted by molar-refractivity contribution is -0.113. The van der Waals surface area contributed by atoms with Crippen LogP contribution >= 0.6 is 11.6 Å². The second-order valence-corrected chi connectivity index (χ2v) is 7.10. The number of anilines is 1. The normalized spacial score (nSPS) is 11.3. The van der Waals surface area contributed by atoms with Crippen molar-refractivity contribution < 1.29 is 9.59 Å². The van der Waals surface area contributed by atoms with E-state index in [4.69, 9.17) is 11.6 Å². The van der Waals surface area contributed by atoms with Crippen LogP contribution in [0.4, 0.5) is 5.69 Å². The summed E-state index contributed by atoms with van der Waals surface area (Å²) in [5.41, 5.74) is 2.77. The SMILES string of the molecule is O=C(Nc1ccc2cc[nH]c2c1)/C(=C\c1cccc(Cl)c1)NC(=O)c1ccccc1. The molecule has 0 saturated carbocycles. The molecule has 0 saturated heterocycles. The first kappa shape index (κ1) is 19.5. The van der Waals surface area contributed by atoms with Gasteiger partial charge >= 0.3 is 0 Å². The fraction of sp³-hybridized carbons (Fsp3) is 0. The molecule has 5 nitrogen and oxygen atoms in total. The second-order valence-electron chi connectivity index (χ2n) is 6.67. The highest BCUT2D eigenvalue weighted by Gasteiger charge is 2.15. The quantitative estimate of drug-likeness (QED) is 0.390. The van der Waals surface area contributed by atoms with Crippen LogP contribution in [0.1, 0.15) is 15.9 Å². The van der Waals surface area contributed by atoms with Gasteiger partial charge in [0.15, 0.2) is 0 Å². The van der Waals surface area contributed by atoms with E-state index >= 15 is 0 Å². The number of hydrogen-bond acceptors (Lipinski definition) is 2. The molecule has 0 bridgehead atoms. The van der Waals surface area contributed by atoms with Crippen molar-refractivity contribution in [2.45, 2.75) is 0 Å². The maximum Gasteiger partial charge on any atom is 0.272 e. The van der Waals surface area contributed by atoms with Gasteiger partial charge in [-0.15, -0.1) is 0 Å². The zero-order valence-electron chi connectivity index (χ0n) is 15.9. The zero-order valence-corrected chi connectivity index (χ0v) is 16.6. The second kappa shape index (κ2) is 8.68. The van der Waals surface area contributed by atoms with Gasteiger partial charge in [0, 0.05) is 28.0 Å². The van der Waals surface area contributed by atoms with Crippen LogP contribution in [0.15, 0.2) is 90.8 Å². The molecule has 3 aromatic carbocycles. The monoisotopic (exact) mass is 415 g/mol. The minimum atomic E-state index is -0.440. The minimum absolute atomic E-state index is 0.109. The number of aromatic nitrogens is 1. The lowest BCUT2D eigenvalue weighted by Crippen LogP contribution is -2.30. The molecule has 3 N–H and O–H groups in total. The van der Waals surface area contributed by atoms with Crippen LogP contribution in [-0.2, 0) is 4.79 Å². The molecule has 30 heavy (non-hydrogen) atoms. The van der Waals surface area contributed by atoms with Gasteiger partial charge in [-0.3, -0.25) is 9.59 Å². The van der Waals surface area contributed by atoms with Crippen LogP contribution in [-0.4, -0.2) is 16.8 Å². The largest absolute Gasteiger partial charge is 0.361 e. The Bertz CT molecular complexity index is 1250. The summed E-state index contributed by atoms with van der Waals surface area (Å²) in [6, 6.07) is 23.3. The number of H-pyrrole nitrogens is 1. The first-order valence-electron chi connectivity index (χ1n) is 9.31. The number of carbonyl (C=O) groups is 2. The standard InChI is InChI=1S/C24H18ClN3O2/c25-19-8-4-5-16(13-19)14-22(28-23(29)18-6-2-1-3-7-18)24(30)27-20-10-9-17-11-12-26-21(17)15-20/h1-15,26H,(H,27,30)(H,28,29)/b22-14+. The predicted molar refractivity (Wildman–Crippen MR) is 120 cm³/mol. The Morgan fingerprint density at radius 1 is 0.900 bits per heavy atom. The number of rotatable bonds is 5. The summed E-state index contributed by atoms with van der Waals surface area (Å²) in [5.74, 6) is -0.816. The summed E-state index contributed by atoms with van der Waals surface area (Å²) in [7, 11) is 0. The van der Waals surface area contributed by atoms with Crippen molar-refractivity contribution in [3.8, 4) is 0 Å². The number of carbonyl (C=O) groups excluding carboxylic acids is 2. The van der Waals surface area contributed by atoms with Crippen molar-refractivity contribution in [2.24, 2.45) is 0 Å². The third-order valence-electron chi connectivity index (χ3n) is 4.50. The summed E-state index contributed by atoms with van der Waals surface area (Å²) in [4.78, 5) is 28.8. The third kappa shape index (κ3) is 4.59. The lowest BCUT2D eigenvalue weighted by Gasteiger charge is -2.12. The van der Waals surface area contributed by atoms with Crippen molar-refractivity contribution in [3.05, 3.63) is 107 Å². The molecule has 2 amide bonds. The molecule has 1 aromatic heterocycles. The van der Waals surface area contributed by atoms with E-state index in [-0.39, 0.29) is 11.6 Å². The van der Waals surface area contributed by atoms with E-state index in [2.05, 4.69) is 15.6 Å². The van der Waals surface area contributed by atoms with Crippen LogP contribution in [0.2, 0.25) is 5.02 Å². The summed E-state index contributed by atoms with van der Waals surface area (Å²) in [6.45, 7) is 0. The maximum absolute atomic E-state index is 13.0. The topological polar surface area (TPSA) is 74.0 Å². The highest BCUT2D eigenvalue weighted by Crippen LogP contribution is 2.19. The highest BCUT2D eigenvalue weighted by molar-refractivity contribution is 6.30. The summed E-state index contributed by atoms with van der Waals surface area (Å²) in [6.07, 6.45) is 3.43. The van der Waals surface area contributed by atoms with Crippen LogP contribution < -0.4 is 10.6 Å². The first-order chi connectivity index (χ1) is 14.6. The van der Waals surface area contributed by atoms with Gasteiger partial charge in [-0.25, -0.2) is 0 Å². The molecule has 0 aliphatic heterocycles. The van der Waals surface area contributed by atoms with Crippen LogP contribution in [0, 0.1) is 0 Å². The molecule has 0 aliphatic rings. The van der Waals surface area contributed by atoms with E-state index in [0.717, 1.165) is 10.9 Å². The molecule has 148 valence electrons. The molecule has 1 heterocycles. The highest BCUT2D eigenvalue weighted by atomic mass is 35.5. The Hall–Kier alpha value is -3.83.